The summed E-state index contributed by atoms with van der Waals surface area (Å²) in [5.74, 6) is 1.18. The fraction of sp³-hybridized carbons (Fsp3) is 0.300. The van der Waals surface area contributed by atoms with Gasteiger partial charge in [0.1, 0.15) is 5.75 Å². The molecule has 24 heavy (non-hydrogen) atoms. The molecule has 1 heterocycles. The summed E-state index contributed by atoms with van der Waals surface area (Å²) in [7, 11) is 0. The van der Waals surface area contributed by atoms with E-state index in [0.29, 0.717) is 17.4 Å². The van der Waals surface area contributed by atoms with Crippen LogP contribution in [0.5, 0.6) is 5.75 Å². The number of hydrogen-bond acceptors (Lipinski definition) is 3. The Morgan fingerprint density at radius 2 is 1.83 bits per heavy atom. The van der Waals surface area contributed by atoms with E-state index in [1.165, 1.54) is 5.56 Å². The lowest BCUT2D eigenvalue weighted by molar-refractivity contribution is -0.154. The van der Waals surface area contributed by atoms with Crippen LogP contribution in [0.15, 0.2) is 66.9 Å². The fourth-order valence-electron chi connectivity index (χ4n) is 3.10. The van der Waals surface area contributed by atoms with Crippen molar-refractivity contribution in [1.82, 2.24) is 0 Å². The molecule has 0 aromatic heterocycles. The Morgan fingerprint density at radius 3 is 2.50 bits per heavy atom. The molecule has 126 valence electrons. The molecule has 3 nitrogen and oxygen atoms in total. The third-order valence-electron chi connectivity index (χ3n) is 4.18. The summed E-state index contributed by atoms with van der Waals surface area (Å²) in [6.07, 6.45) is 1.54. The molecule has 0 saturated carbocycles. The number of benzene rings is 2. The van der Waals surface area contributed by atoms with Gasteiger partial charge < -0.3 is 14.6 Å². The van der Waals surface area contributed by atoms with Crippen LogP contribution in [0.2, 0.25) is 5.02 Å². The molecule has 3 rings (SSSR count). The number of halogens is 1. The third kappa shape index (κ3) is 4.53. The van der Waals surface area contributed by atoms with Gasteiger partial charge in [-0.1, -0.05) is 48.5 Å². The number of aliphatic hydroxyl groups is 1. The maximum atomic E-state index is 9.54. The second-order valence-corrected chi connectivity index (χ2v) is 6.55. The average molecular weight is 345 g/mol. The molecule has 2 aromatic rings. The lowest BCUT2D eigenvalue weighted by atomic mass is 9.87. The number of rotatable bonds is 5. The molecule has 3 unspecified atom stereocenters. The minimum absolute atomic E-state index is 0.112. The van der Waals surface area contributed by atoms with Gasteiger partial charge in [-0.3, -0.25) is 0 Å². The van der Waals surface area contributed by atoms with Crippen LogP contribution < -0.4 is 4.74 Å². The van der Waals surface area contributed by atoms with Gasteiger partial charge in [-0.15, -0.1) is 0 Å². The van der Waals surface area contributed by atoms with Crippen molar-refractivity contribution in [3.05, 3.63) is 77.5 Å². The molecule has 1 saturated heterocycles. The molecule has 1 aliphatic rings. The molecule has 1 N–H and O–H groups in total. The normalized spacial score (nSPS) is 23.6. The first-order chi connectivity index (χ1) is 11.6. The van der Waals surface area contributed by atoms with Crippen molar-refractivity contribution in [2.75, 3.05) is 0 Å². The third-order valence-corrected chi connectivity index (χ3v) is 4.44. The van der Waals surface area contributed by atoms with Crippen LogP contribution in [-0.4, -0.2) is 17.5 Å². The van der Waals surface area contributed by atoms with Crippen molar-refractivity contribution in [2.24, 2.45) is 0 Å². The van der Waals surface area contributed by atoms with Crippen LogP contribution in [0.1, 0.15) is 30.7 Å². The van der Waals surface area contributed by atoms with Crippen molar-refractivity contribution >= 4 is 11.6 Å². The van der Waals surface area contributed by atoms with E-state index in [0.717, 1.165) is 18.6 Å². The van der Waals surface area contributed by atoms with E-state index in [4.69, 9.17) is 21.1 Å². The van der Waals surface area contributed by atoms with Crippen LogP contribution in [0.3, 0.4) is 0 Å². The molecule has 1 aliphatic heterocycles. The summed E-state index contributed by atoms with van der Waals surface area (Å²) in [6.45, 7) is 3.59. The number of ether oxygens (including phenoxy) is 2. The zero-order chi connectivity index (χ0) is 16.9. The lowest BCUT2D eigenvalue weighted by Gasteiger charge is -2.35. The van der Waals surface area contributed by atoms with Gasteiger partial charge in [0.15, 0.2) is 0 Å². The summed E-state index contributed by atoms with van der Waals surface area (Å²) in [5, 5.41) is 10.2. The average Bonchev–Trinajstić information content (AvgIpc) is 2.57. The molecule has 0 radical (unpaired) electrons. The van der Waals surface area contributed by atoms with Gasteiger partial charge in [0, 0.05) is 17.9 Å². The molecule has 4 heteroatoms. The van der Waals surface area contributed by atoms with Crippen LogP contribution in [0.25, 0.3) is 0 Å². The molecule has 0 aliphatic carbocycles. The molecule has 2 aromatic carbocycles. The van der Waals surface area contributed by atoms with Gasteiger partial charge in [-0.2, -0.15) is 0 Å². The maximum absolute atomic E-state index is 9.54. The summed E-state index contributed by atoms with van der Waals surface area (Å²) in [5.41, 5.74) is 1.26. The van der Waals surface area contributed by atoms with Crippen LogP contribution >= 0.6 is 11.6 Å². The Bertz CT molecular complexity index is 669. The predicted molar refractivity (Wildman–Crippen MR) is 95.5 cm³/mol. The Labute approximate surface area is 147 Å². The van der Waals surface area contributed by atoms with E-state index >= 15 is 0 Å². The van der Waals surface area contributed by atoms with Gasteiger partial charge >= 0.3 is 0 Å². The van der Waals surface area contributed by atoms with E-state index in [1.54, 1.807) is 12.1 Å². The Hall–Kier alpha value is -1.97. The Kier molecular flexibility index (Phi) is 5.44. The van der Waals surface area contributed by atoms with E-state index in [9.17, 15) is 5.11 Å². The monoisotopic (exact) mass is 344 g/mol. The molecule has 0 amide bonds. The molecular weight excluding hydrogens is 324 g/mol. The standard InChI is InChI=1S/C20H21ClO3/c1-14(22)11-19-12-16(15-5-3-2-4-6-15)13-20(24-19)23-18-9-7-17(21)8-10-18/h2-10,16,19-20,22H,1,11-13H2. The van der Waals surface area contributed by atoms with Crippen LogP contribution in [0, 0.1) is 0 Å². The zero-order valence-corrected chi connectivity index (χ0v) is 14.2. The van der Waals surface area contributed by atoms with Crippen molar-refractivity contribution in [3.8, 4) is 5.75 Å². The first kappa shape index (κ1) is 16.9. The van der Waals surface area contributed by atoms with Crippen molar-refractivity contribution in [3.63, 3.8) is 0 Å². The summed E-state index contributed by atoms with van der Waals surface area (Å²) in [4.78, 5) is 0. The maximum Gasteiger partial charge on any atom is 0.200 e. The molecule has 0 spiro atoms. The minimum Gasteiger partial charge on any atom is -0.513 e. The molecule has 3 atom stereocenters. The second-order valence-electron chi connectivity index (χ2n) is 6.11. The molecular formula is C20H21ClO3. The summed E-state index contributed by atoms with van der Waals surface area (Å²) in [6, 6.07) is 17.6. The van der Waals surface area contributed by atoms with Gasteiger partial charge in [0.2, 0.25) is 6.29 Å². The Morgan fingerprint density at radius 1 is 1.12 bits per heavy atom. The highest BCUT2D eigenvalue weighted by molar-refractivity contribution is 6.30. The number of hydrogen-bond donors (Lipinski definition) is 1. The highest BCUT2D eigenvalue weighted by Gasteiger charge is 2.32. The quantitative estimate of drug-likeness (QED) is 0.731. The second kappa shape index (κ2) is 7.73. The predicted octanol–water partition coefficient (Wildman–Crippen LogP) is 5.47. The first-order valence-electron chi connectivity index (χ1n) is 8.09. The van der Waals surface area contributed by atoms with Gasteiger partial charge in [0.05, 0.1) is 11.9 Å². The van der Waals surface area contributed by atoms with E-state index in [2.05, 4.69) is 18.7 Å². The van der Waals surface area contributed by atoms with Gasteiger partial charge in [-0.25, -0.2) is 0 Å². The van der Waals surface area contributed by atoms with Crippen molar-refractivity contribution in [2.45, 2.75) is 37.6 Å². The summed E-state index contributed by atoms with van der Waals surface area (Å²) < 4.78 is 12.0. The SMILES string of the molecule is C=C(O)CC1CC(c2ccccc2)CC(Oc2ccc(Cl)cc2)O1. The lowest BCUT2D eigenvalue weighted by Crippen LogP contribution is -2.35. The van der Waals surface area contributed by atoms with Crippen LogP contribution in [0.4, 0.5) is 0 Å². The van der Waals surface area contributed by atoms with Crippen molar-refractivity contribution < 1.29 is 14.6 Å². The van der Waals surface area contributed by atoms with E-state index in [1.807, 2.05) is 30.3 Å². The molecule has 1 fully saturated rings. The smallest absolute Gasteiger partial charge is 0.200 e. The number of aliphatic hydroxyl groups excluding tert-OH is 1. The fourth-order valence-corrected chi connectivity index (χ4v) is 3.23. The van der Waals surface area contributed by atoms with Gasteiger partial charge in [-0.05, 0) is 42.2 Å². The zero-order valence-electron chi connectivity index (χ0n) is 13.4. The van der Waals surface area contributed by atoms with Crippen LogP contribution in [-0.2, 0) is 4.74 Å². The van der Waals surface area contributed by atoms with Crippen molar-refractivity contribution in [1.29, 1.82) is 0 Å². The highest BCUT2D eigenvalue weighted by atomic mass is 35.5. The largest absolute Gasteiger partial charge is 0.513 e. The summed E-state index contributed by atoms with van der Waals surface area (Å²) >= 11 is 5.91. The Balaban J connectivity index is 1.74. The minimum atomic E-state index is -0.366. The van der Waals surface area contributed by atoms with Gasteiger partial charge in [0.25, 0.3) is 0 Å². The first-order valence-corrected chi connectivity index (χ1v) is 8.47. The topological polar surface area (TPSA) is 38.7 Å². The van der Waals surface area contributed by atoms with E-state index in [-0.39, 0.29) is 18.2 Å². The van der Waals surface area contributed by atoms with E-state index < -0.39 is 0 Å². The molecule has 0 bridgehead atoms. The highest BCUT2D eigenvalue weighted by Crippen LogP contribution is 2.36.